The molecular formula is C13H17N3O4. The van der Waals surface area contributed by atoms with Crippen LogP contribution < -0.4 is 24.8 Å². The van der Waals surface area contributed by atoms with E-state index in [9.17, 15) is 4.79 Å². The Morgan fingerprint density at radius 3 is 2.30 bits per heavy atom. The molecule has 7 nitrogen and oxygen atoms in total. The standard InChI is InChI=1S/C13H17N3O4/c1-14-13-15-9(12(17)16-13)7-5-6-8(18-2)11(20-4)10(7)19-3/h5-6,9H,1-4H3,(H2,14,15,16,17). The molecule has 20 heavy (non-hydrogen) atoms. The molecule has 0 aliphatic carbocycles. The van der Waals surface area contributed by atoms with Gasteiger partial charge in [0.25, 0.3) is 5.91 Å². The van der Waals surface area contributed by atoms with Crippen LogP contribution in [0.1, 0.15) is 11.6 Å². The molecule has 1 saturated heterocycles. The van der Waals surface area contributed by atoms with Gasteiger partial charge in [-0.15, -0.1) is 0 Å². The van der Waals surface area contributed by atoms with E-state index in [0.29, 0.717) is 28.8 Å². The molecule has 1 aliphatic rings. The van der Waals surface area contributed by atoms with Gasteiger partial charge < -0.3 is 19.5 Å². The van der Waals surface area contributed by atoms with Crippen LogP contribution in [-0.4, -0.2) is 40.2 Å². The van der Waals surface area contributed by atoms with Crippen LogP contribution in [0, 0.1) is 0 Å². The highest BCUT2D eigenvalue weighted by Crippen LogP contribution is 2.42. The van der Waals surface area contributed by atoms with Crippen LogP contribution in [-0.2, 0) is 4.79 Å². The maximum Gasteiger partial charge on any atom is 0.254 e. The summed E-state index contributed by atoms with van der Waals surface area (Å²) >= 11 is 0. The molecule has 1 aromatic rings. The fourth-order valence-corrected chi connectivity index (χ4v) is 2.12. The fraction of sp³-hybridized carbons (Fsp3) is 0.385. The molecular weight excluding hydrogens is 262 g/mol. The molecule has 1 aromatic carbocycles. The van der Waals surface area contributed by atoms with Gasteiger partial charge in [-0.05, 0) is 12.1 Å². The van der Waals surface area contributed by atoms with Crippen molar-refractivity contribution < 1.29 is 19.0 Å². The van der Waals surface area contributed by atoms with Gasteiger partial charge in [0, 0.05) is 12.6 Å². The van der Waals surface area contributed by atoms with Crippen LogP contribution in [0.3, 0.4) is 0 Å². The second kappa shape index (κ2) is 5.68. The average Bonchev–Trinajstić information content (AvgIpc) is 2.86. The van der Waals surface area contributed by atoms with Gasteiger partial charge in [-0.3, -0.25) is 15.1 Å². The Morgan fingerprint density at radius 1 is 1.10 bits per heavy atom. The number of nitrogens with one attached hydrogen (secondary N) is 2. The van der Waals surface area contributed by atoms with E-state index in [0.717, 1.165) is 0 Å². The van der Waals surface area contributed by atoms with Gasteiger partial charge in [0.1, 0.15) is 6.04 Å². The molecule has 1 fully saturated rings. The monoisotopic (exact) mass is 279 g/mol. The van der Waals surface area contributed by atoms with E-state index < -0.39 is 6.04 Å². The van der Waals surface area contributed by atoms with Crippen LogP contribution in [0.15, 0.2) is 17.1 Å². The zero-order valence-electron chi connectivity index (χ0n) is 11.8. The second-order valence-corrected chi connectivity index (χ2v) is 4.06. The second-order valence-electron chi connectivity index (χ2n) is 4.06. The van der Waals surface area contributed by atoms with E-state index in [2.05, 4.69) is 15.6 Å². The van der Waals surface area contributed by atoms with Crippen LogP contribution in [0.5, 0.6) is 17.2 Å². The number of hydrogen-bond acceptors (Lipinski definition) is 5. The number of rotatable bonds is 4. The van der Waals surface area contributed by atoms with Crippen LogP contribution in [0.4, 0.5) is 0 Å². The summed E-state index contributed by atoms with van der Waals surface area (Å²) in [6.45, 7) is 0. The van der Waals surface area contributed by atoms with Gasteiger partial charge in [0.05, 0.1) is 21.3 Å². The Labute approximate surface area is 116 Å². The van der Waals surface area contributed by atoms with Crippen LogP contribution in [0.25, 0.3) is 0 Å². The Balaban J connectivity index is 2.50. The molecule has 7 heteroatoms. The summed E-state index contributed by atoms with van der Waals surface area (Å²) in [4.78, 5) is 15.9. The fourth-order valence-electron chi connectivity index (χ4n) is 2.12. The molecule has 0 aromatic heterocycles. The predicted octanol–water partition coefficient (Wildman–Crippen LogP) is 0.459. The highest BCUT2D eigenvalue weighted by molar-refractivity contribution is 6.07. The number of nitrogens with zero attached hydrogens (tertiary/aromatic N) is 1. The maximum absolute atomic E-state index is 12.0. The van der Waals surface area contributed by atoms with E-state index in [1.54, 1.807) is 26.3 Å². The zero-order chi connectivity index (χ0) is 14.7. The van der Waals surface area contributed by atoms with E-state index in [4.69, 9.17) is 14.2 Å². The van der Waals surface area contributed by atoms with Gasteiger partial charge in [0.2, 0.25) is 5.75 Å². The first kappa shape index (κ1) is 14.0. The Hall–Kier alpha value is -2.44. The number of carbonyl (C=O) groups is 1. The first-order chi connectivity index (χ1) is 9.65. The summed E-state index contributed by atoms with van der Waals surface area (Å²) in [6, 6.07) is 2.91. The molecule has 1 heterocycles. The minimum atomic E-state index is -0.580. The van der Waals surface area contributed by atoms with Crippen LogP contribution in [0.2, 0.25) is 0 Å². The van der Waals surface area contributed by atoms with E-state index in [-0.39, 0.29) is 5.91 Å². The smallest absolute Gasteiger partial charge is 0.254 e. The summed E-state index contributed by atoms with van der Waals surface area (Å²) < 4.78 is 15.9. The number of aliphatic imine (C=N–C) groups is 1. The minimum Gasteiger partial charge on any atom is -0.493 e. The topological polar surface area (TPSA) is 81.2 Å². The van der Waals surface area contributed by atoms with E-state index >= 15 is 0 Å². The van der Waals surface area contributed by atoms with Crippen molar-refractivity contribution in [2.75, 3.05) is 28.4 Å². The predicted molar refractivity (Wildman–Crippen MR) is 73.5 cm³/mol. The number of ether oxygens (including phenoxy) is 3. The number of methoxy groups -OCH3 is 3. The average molecular weight is 279 g/mol. The van der Waals surface area contributed by atoms with Gasteiger partial charge in [-0.1, -0.05) is 0 Å². The lowest BCUT2D eigenvalue weighted by Crippen LogP contribution is -2.24. The van der Waals surface area contributed by atoms with E-state index in [1.165, 1.54) is 14.2 Å². The van der Waals surface area contributed by atoms with Gasteiger partial charge in [-0.25, -0.2) is 0 Å². The third-order valence-corrected chi connectivity index (χ3v) is 3.05. The van der Waals surface area contributed by atoms with Crippen molar-refractivity contribution in [3.63, 3.8) is 0 Å². The molecule has 0 spiro atoms. The Kier molecular flexibility index (Phi) is 3.97. The molecule has 1 atom stereocenters. The summed E-state index contributed by atoms with van der Waals surface area (Å²) in [5.41, 5.74) is 0.654. The summed E-state index contributed by atoms with van der Waals surface area (Å²) in [6.07, 6.45) is 0. The first-order valence-corrected chi connectivity index (χ1v) is 5.99. The Bertz CT molecular complexity index is 557. The number of benzene rings is 1. The van der Waals surface area contributed by atoms with Crippen molar-refractivity contribution in [1.82, 2.24) is 10.6 Å². The number of carbonyl (C=O) groups excluding carboxylic acids is 1. The molecule has 108 valence electrons. The molecule has 0 radical (unpaired) electrons. The van der Waals surface area contributed by atoms with Crippen molar-refractivity contribution in [3.8, 4) is 17.2 Å². The number of guanidine groups is 1. The zero-order valence-corrected chi connectivity index (χ0v) is 11.8. The van der Waals surface area contributed by atoms with Crippen molar-refractivity contribution in [2.45, 2.75) is 6.04 Å². The molecule has 1 amide bonds. The molecule has 0 saturated carbocycles. The molecule has 0 bridgehead atoms. The highest BCUT2D eigenvalue weighted by atomic mass is 16.5. The minimum absolute atomic E-state index is 0.198. The van der Waals surface area contributed by atoms with Crippen molar-refractivity contribution >= 4 is 11.9 Å². The summed E-state index contributed by atoms with van der Waals surface area (Å²) in [5, 5.41) is 5.62. The first-order valence-electron chi connectivity index (χ1n) is 5.99. The van der Waals surface area contributed by atoms with Crippen molar-refractivity contribution in [3.05, 3.63) is 17.7 Å². The lowest BCUT2D eigenvalue weighted by molar-refractivity contribution is -0.120. The summed E-state index contributed by atoms with van der Waals surface area (Å²) in [5.74, 6) is 1.67. The van der Waals surface area contributed by atoms with Crippen molar-refractivity contribution in [1.29, 1.82) is 0 Å². The highest BCUT2D eigenvalue weighted by Gasteiger charge is 2.33. The molecule has 2 rings (SSSR count). The lowest BCUT2D eigenvalue weighted by Gasteiger charge is -2.18. The molecule has 1 unspecified atom stereocenters. The maximum atomic E-state index is 12.0. The van der Waals surface area contributed by atoms with Gasteiger partial charge in [-0.2, -0.15) is 0 Å². The normalized spacial score (nSPS) is 19.5. The lowest BCUT2D eigenvalue weighted by atomic mass is 10.0. The molecule has 2 N–H and O–H groups in total. The third kappa shape index (κ3) is 2.22. The molecule has 1 aliphatic heterocycles. The van der Waals surface area contributed by atoms with Gasteiger partial charge in [0.15, 0.2) is 17.5 Å². The Morgan fingerprint density at radius 2 is 1.80 bits per heavy atom. The van der Waals surface area contributed by atoms with Crippen molar-refractivity contribution in [2.24, 2.45) is 4.99 Å². The largest absolute Gasteiger partial charge is 0.493 e. The van der Waals surface area contributed by atoms with Crippen LogP contribution >= 0.6 is 0 Å². The SMILES string of the molecule is CN=C1NC(=O)C(c2ccc(OC)c(OC)c2OC)N1. The number of amides is 1. The summed E-state index contributed by atoms with van der Waals surface area (Å²) in [7, 11) is 6.17. The van der Waals surface area contributed by atoms with Gasteiger partial charge >= 0.3 is 0 Å². The number of hydrogen-bond donors (Lipinski definition) is 2. The third-order valence-electron chi connectivity index (χ3n) is 3.05. The quantitative estimate of drug-likeness (QED) is 0.837. The van der Waals surface area contributed by atoms with E-state index in [1.807, 2.05) is 0 Å².